The molecule has 0 spiro atoms. The van der Waals surface area contributed by atoms with Crippen molar-refractivity contribution in [3.63, 3.8) is 0 Å². The first kappa shape index (κ1) is 11.3. The fourth-order valence-corrected chi connectivity index (χ4v) is 2.44. The van der Waals surface area contributed by atoms with Gasteiger partial charge in [0.1, 0.15) is 5.75 Å². The molecule has 5 nitrogen and oxygen atoms in total. The normalized spacial score (nSPS) is 19.5. The third-order valence-electron chi connectivity index (χ3n) is 3.39. The molecule has 1 aromatic carbocycles. The molecule has 0 bridgehead atoms. The van der Waals surface area contributed by atoms with E-state index in [0.29, 0.717) is 6.54 Å². The van der Waals surface area contributed by atoms with Gasteiger partial charge in [0.25, 0.3) is 0 Å². The standard InChI is InChI=1S/C13H16N2O3/c1-17-9-4-5-12-11(7-9)14-13(16)15(12)8-10-3-2-6-18-10/h4-5,7,10H,2-3,6,8H2,1H3,(H,14,16). The van der Waals surface area contributed by atoms with E-state index in [1.54, 1.807) is 11.7 Å². The number of hydrogen-bond donors (Lipinski definition) is 1. The number of fused-ring (bicyclic) bond motifs is 1. The van der Waals surface area contributed by atoms with E-state index in [-0.39, 0.29) is 11.8 Å². The highest BCUT2D eigenvalue weighted by atomic mass is 16.5. The molecule has 1 aliphatic rings. The Balaban J connectivity index is 2.00. The lowest BCUT2D eigenvalue weighted by atomic mass is 10.2. The topological polar surface area (TPSA) is 56.2 Å². The summed E-state index contributed by atoms with van der Waals surface area (Å²) in [6.07, 6.45) is 2.26. The van der Waals surface area contributed by atoms with Crippen molar-refractivity contribution in [3.8, 4) is 5.75 Å². The average molecular weight is 248 g/mol. The maximum absolute atomic E-state index is 11.9. The van der Waals surface area contributed by atoms with Crippen molar-refractivity contribution in [1.82, 2.24) is 9.55 Å². The summed E-state index contributed by atoms with van der Waals surface area (Å²) in [7, 11) is 1.61. The molecule has 0 saturated carbocycles. The summed E-state index contributed by atoms with van der Waals surface area (Å²) in [5.74, 6) is 0.744. The van der Waals surface area contributed by atoms with Crippen LogP contribution in [0.5, 0.6) is 5.75 Å². The van der Waals surface area contributed by atoms with Gasteiger partial charge in [-0.3, -0.25) is 4.57 Å². The smallest absolute Gasteiger partial charge is 0.326 e. The van der Waals surface area contributed by atoms with E-state index >= 15 is 0 Å². The minimum absolute atomic E-state index is 0.0891. The molecule has 0 radical (unpaired) electrons. The first-order valence-electron chi connectivity index (χ1n) is 6.16. The fourth-order valence-electron chi connectivity index (χ4n) is 2.44. The molecule has 0 aliphatic carbocycles. The van der Waals surface area contributed by atoms with Crippen LogP contribution in [-0.4, -0.2) is 29.4 Å². The molecule has 1 saturated heterocycles. The van der Waals surface area contributed by atoms with Gasteiger partial charge in [0.15, 0.2) is 0 Å². The van der Waals surface area contributed by atoms with Crippen LogP contribution in [0.25, 0.3) is 11.0 Å². The van der Waals surface area contributed by atoms with Crippen LogP contribution < -0.4 is 10.4 Å². The van der Waals surface area contributed by atoms with Crippen LogP contribution in [0.1, 0.15) is 12.8 Å². The first-order valence-corrected chi connectivity index (χ1v) is 6.16. The van der Waals surface area contributed by atoms with Crippen LogP contribution in [0, 0.1) is 0 Å². The van der Waals surface area contributed by atoms with Gasteiger partial charge < -0.3 is 14.5 Å². The van der Waals surface area contributed by atoms with Crippen molar-refractivity contribution >= 4 is 11.0 Å². The van der Waals surface area contributed by atoms with E-state index in [1.807, 2.05) is 18.2 Å². The largest absolute Gasteiger partial charge is 0.497 e. The summed E-state index contributed by atoms with van der Waals surface area (Å²) in [5, 5.41) is 0. The highest BCUT2D eigenvalue weighted by Crippen LogP contribution is 2.20. The number of benzene rings is 1. The summed E-state index contributed by atoms with van der Waals surface area (Å²) >= 11 is 0. The first-order chi connectivity index (χ1) is 8.78. The molecule has 2 aromatic rings. The molecule has 96 valence electrons. The molecular weight excluding hydrogens is 232 g/mol. The van der Waals surface area contributed by atoms with Crippen molar-refractivity contribution in [2.24, 2.45) is 0 Å². The molecule has 5 heteroatoms. The highest BCUT2D eigenvalue weighted by molar-refractivity contribution is 5.76. The second-order valence-electron chi connectivity index (χ2n) is 4.56. The zero-order valence-electron chi connectivity index (χ0n) is 10.3. The van der Waals surface area contributed by atoms with E-state index < -0.39 is 0 Å². The Bertz CT molecular complexity index is 608. The number of H-pyrrole nitrogens is 1. The Morgan fingerprint density at radius 3 is 3.17 bits per heavy atom. The number of aromatic amines is 1. The van der Waals surface area contributed by atoms with Crippen LogP contribution in [0.4, 0.5) is 0 Å². The van der Waals surface area contributed by atoms with Gasteiger partial charge in [-0.1, -0.05) is 0 Å². The molecule has 1 aliphatic heterocycles. The zero-order chi connectivity index (χ0) is 12.5. The lowest BCUT2D eigenvalue weighted by molar-refractivity contribution is 0.0972. The van der Waals surface area contributed by atoms with Crippen molar-refractivity contribution in [2.45, 2.75) is 25.5 Å². The van der Waals surface area contributed by atoms with Gasteiger partial charge in [0.2, 0.25) is 0 Å². The molecule has 1 N–H and O–H groups in total. The summed E-state index contributed by atoms with van der Waals surface area (Å²) in [6, 6.07) is 5.60. The van der Waals surface area contributed by atoms with Gasteiger partial charge in [-0.15, -0.1) is 0 Å². The number of hydrogen-bond acceptors (Lipinski definition) is 3. The summed E-state index contributed by atoms with van der Waals surface area (Å²) in [6.45, 7) is 1.42. The van der Waals surface area contributed by atoms with E-state index in [1.165, 1.54) is 0 Å². The maximum atomic E-state index is 11.9. The molecular formula is C13H16N2O3. The van der Waals surface area contributed by atoms with Crippen LogP contribution >= 0.6 is 0 Å². The number of nitrogens with one attached hydrogen (secondary N) is 1. The van der Waals surface area contributed by atoms with Crippen molar-refractivity contribution in [3.05, 3.63) is 28.7 Å². The third-order valence-corrected chi connectivity index (χ3v) is 3.39. The Kier molecular flexibility index (Phi) is 2.83. The number of rotatable bonds is 3. The minimum atomic E-state index is -0.0891. The Morgan fingerprint density at radius 1 is 1.56 bits per heavy atom. The summed E-state index contributed by atoms with van der Waals surface area (Å²) < 4.78 is 12.5. The Labute approximate surface area is 104 Å². The van der Waals surface area contributed by atoms with Gasteiger partial charge in [-0.05, 0) is 25.0 Å². The summed E-state index contributed by atoms with van der Waals surface area (Å²) in [5.41, 5.74) is 1.61. The molecule has 0 amide bonds. The molecule has 1 atom stereocenters. The van der Waals surface area contributed by atoms with Gasteiger partial charge in [-0.2, -0.15) is 0 Å². The Hall–Kier alpha value is -1.75. The maximum Gasteiger partial charge on any atom is 0.326 e. The van der Waals surface area contributed by atoms with Gasteiger partial charge in [0, 0.05) is 12.7 Å². The monoisotopic (exact) mass is 248 g/mol. The van der Waals surface area contributed by atoms with Gasteiger partial charge in [0.05, 0.1) is 30.8 Å². The quantitative estimate of drug-likeness (QED) is 0.896. The van der Waals surface area contributed by atoms with E-state index in [0.717, 1.165) is 36.2 Å². The van der Waals surface area contributed by atoms with E-state index in [9.17, 15) is 4.79 Å². The van der Waals surface area contributed by atoms with Crippen molar-refractivity contribution in [1.29, 1.82) is 0 Å². The number of aromatic nitrogens is 2. The minimum Gasteiger partial charge on any atom is -0.497 e. The van der Waals surface area contributed by atoms with E-state index in [2.05, 4.69) is 4.98 Å². The SMILES string of the molecule is COc1ccc2c(c1)[nH]c(=O)n2CC1CCCO1. The number of methoxy groups -OCH3 is 1. The molecule has 1 aromatic heterocycles. The Morgan fingerprint density at radius 2 is 2.44 bits per heavy atom. The number of nitrogens with zero attached hydrogens (tertiary/aromatic N) is 1. The number of imidazole rings is 1. The molecule has 1 unspecified atom stereocenters. The predicted molar refractivity (Wildman–Crippen MR) is 68.1 cm³/mol. The fraction of sp³-hybridized carbons (Fsp3) is 0.462. The van der Waals surface area contributed by atoms with Crippen LogP contribution in [-0.2, 0) is 11.3 Å². The van der Waals surface area contributed by atoms with Crippen LogP contribution in [0.15, 0.2) is 23.0 Å². The number of ether oxygens (including phenoxy) is 2. The van der Waals surface area contributed by atoms with Gasteiger partial charge >= 0.3 is 5.69 Å². The highest BCUT2D eigenvalue weighted by Gasteiger charge is 2.18. The van der Waals surface area contributed by atoms with Crippen molar-refractivity contribution < 1.29 is 9.47 Å². The van der Waals surface area contributed by atoms with Crippen LogP contribution in [0.2, 0.25) is 0 Å². The summed E-state index contributed by atoms with van der Waals surface area (Å²) in [4.78, 5) is 14.8. The van der Waals surface area contributed by atoms with Crippen molar-refractivity contribution in [2.75, 3.05) is 13.7 Å². The lowest BCUT2D eigenvalue weighted by Crippen LogP contribution is -2.24. The van der Waals surface area contributed by atoms with E-state index in [4.69, 9.17) is 9.47 Å². The van der Waals surface area contributed by atoms with Crippen LogP contribution in [0.3, 0.4) is 0 Å². The second kappa shape index (κ2) is 4.49. The third kappa shape index (κ3) is 1.90. The molecule has 2 heterocycles. The average Bonchev–Trinajstić information content (AvgIpc) is 2.98. The lowest BCUT2D eigenvalue weighted by Gasteiger charge is -2.10. The van der Waals surface area contributed by atoms with Gasteiger partial charge in [-0.25, -0.2) is 4.79 Å². The second-order valence-corrected chi connectivity index (χ2v) is 4.56. The zero-order valence-corrected chi connectivity index (χ0v) is 10.3. The predicted octanol–water partition coefficient (Wildman–Crippen LogP) is 1.52. The molecule has 3 rings (SSSR count). The molecule has 1 fully saturated rings. The molecule has 18 heavy (non-hydrogen) atoms.